The van der Waals surface area contributed by atoms with Gasteiger partial charge in [-0.25, -0.2) is 4.98 Å². The standard InChI is InChI=1S/C18H22N6/c1-12-7-17(22-16-4-3-14-9-19-10-15(14)8-16)23-18(21-12)24-6-5-20-13(2)11-24/h3-4,7-8,10,13,20H,5-6,9,11H2,1-2H3,(H,21,22,23). The number of aryl methyl sites for hydroxylation is 1. The molecule has 1 saturated heterocycles. The third-order valence-electron chi connectivity index (χ3n) is 4.40. The molecule has 0 saturated carbocycles. The zero-order valence-electron chi connectivity index (χ0n) is 14.1. The number of aliphatic imine (C=N–C) groups is 1. The lowest BCUT2D eigenvalue weighted by atomic mass is 10.1. The highest BCUT2D eigenvalue weighted by atomic mass is 15.3. The number of aromatic nitrogens is 2. The predicted octanol–water partition coefficient (Wildman–Crippen LogP) is 2.26. The van der Waals surface area contributed by atoms with Gasteiger partial charge in [-0.1, -0.05) is 6.07 Å². The molecule has 1 aromatic heterocycles. The van der Waals surface area contributed by atoms with Gasteiger partial charge in [0.1, 0.15) is 5.82 Å². The number of hydrogen-bond acceptors (Lipinski definition) is 6. The van der Waals surface area contributed by atoms with Crippen LogP contribution in [0, 0.1) is 6.92 Å². The fourth-order valence-electron chi connectivity index (χ4n) is 3.20. The number of benzene rings is 1. The van der Waals surface area contributed by atoms with Crippen molar-refractivity contribution in [2.75, 3.05) is 29.9 Å². The van der Waals surface area contributed by atoms with E-state index in [0.717, 1.165) is 49.3 Å². The zero-order chi connectivity index (χ0) is 16.5. The molecular weight excluding hydrogens is 300 g/mol. The van der Waals surface area contributed by atoms with E-state index in [0.29, 0.717) is 6.04 Å². The minimum Gasteiger partial charge on any atom is -0.340 e. The molecule has 0 radical (unpaired) electrons. The molecule has 1 aromatic carbocycles. The van der Waals surface area contributed by atoms with Crippen LogP contribution in [0.2, 0.25) is 0 Å². The van der Waals surface area contributed by atoms with Gasteiger partial charge in [-0.05, 0) is 37.1 Å². The van der Waals surface area contributed by atoms with E-state index in [1.54, 1.807) is 0 Å². The normalized spacial score (nSPS) is 19.4. The number of nitrogens with one attached hydrogen (secondary N) is 2. The van der Waals surface area contributed by atoms with Crippen molar-refractivity contribution in [3.63, 3.8) is 0 Å². The summed E-state index contributed by atoms with van der Waals surface area (Å²) in [6, 6.07) is 8.76. The summed E-state index contributed by atoms with van der Waals surface area (Å²) in [5, 5.41) is 6.86. The van der Waals surface area contributed by atoms with Crippen LogP contribution in [0.5, 0.6) is 0 Å². The fourth-order valence-corrected chi connectivity index (χ4v) is 3.20. The SMILES string of the molecule is Cc1cc(Nc2ccc3c(c2)C=NC3)nc(N2CCNC(C)C2)n1. The molecule has 2 aliphatic rings. The average molecular weight is 322 g/mol. The molecule has 2 aliphatic heterocycles. The van der Waals surface area contributed by atoms with E-state index < -0.39 is 0 Å². The largest absolute Gasteiger partial charge is 0.340 e. The van der Waals surface area contributed by atoms with Crippen molar-refractivity contribution in [1.82, 2.24) is 15.3 Å². The van der Waals surface area contributed by atoms with Gasteiger partial charge >= 0.3 is 0 Å². The Kier molecular flexibility index (Phi) is 3.90. The molecule has 1 fully saturated rings. The van der Waals surface area contributed by atoms with Gasteiger partial charge < -0.3 is 15.5 Å². The summed E-state index contributed by atoms with van der Waals surface area (Å²) < 4.78 is 0. The minimum atomic E-state index is 0.454. The van der Waals surface area contributed by atoms with E-state index >= 15 is 0 Å². The Labute approximate surface area is 142 Å². The van der Waals surface area contributed by atoms with Gasteiger partial charge in [0.05, 0.1) is 6.54 Å². The molecule has 0 bridgehead atoms. The first kappa shape index (κ1) is 15.1. The highest BCUT2D eigenvalue weighted by Crippen LogP contribution is 2.23. The molecule has 0 amide bonds. The molecule has 0 aliphatic carbocycles. The Balaban J connectivity index is 1.58. The van der Waals surface area contributed by atoms with E-state index in [9.17, 15) is 0 Å². The van der Waals surface area contributed by atoms with Crippen molar-refractivity contribution >= 4 is 23.7 Å². The average Bonchev–Trinajstić information content (AvgIpc) is 3.02. The van der Waals surface area contributed by atoms with Crippen LogP contribution in [0.1, 0.15) is 23.7 Å². The molecular formula is C18H22N6. The number of piperazine rings is 1. The van der Waals surface area contributed by atoms with E-state index in [2.05, 4.69) is 50.6 Å². The van der Waals surface area contributed by atoms with Crippen molar-refractivity contribution in [1.29, 1.82) is 0 Å². The lowest BCUT2D eigenvalue weighted by Gasteiger charge is -2.32. The summed E-state index contributed by atoms with van der Waals surface area (Å²) in [6.07, 6.45) is 1.93. The third kappa shape index (κ3) is 3.10. The smallest absolute Gasteiger partial charge is 0.227 e. The summed E-state index contributed by atoms with van der Waals surface area (Å²) in [5.41, 5.74) is 4.45. The van der Waals surface area contributed by atoms with Gasteiger partial charge in [0.2, 0.25) is 5.95 Å². The van der Waals surface area contributed by atoms with Crippen molar-refractivity contribution < 1.29 is 0 Å². The fraction of sp³-hybridized carbons (Fsp3) is 0.389. The molecule has 0 spiro atoms. The molecule has 3 heterocycles. The molecule has 6 nitrogen and oxygen atoms in total. The van der Waals surface area contributed by atoms with E-state index in [1.807, 2.05) is 19.2 Å². The van der Waals surface area contributed by atoms with Gasteiger partial charge in [-0.15, -0.1) is 0 Å². The quantitative estimate of drug-likeness (QED) is 0.907. The Morgan fingerprint density at radius 1 is 1.25 bits per heavy atom. The summed E-state index contributed by atoms with van der Waals surface area (Å²) in [7, 11) is 0. The van der Waals surface area contributed by atoms with Crippen LogP contribution in [0.25, 0.3) is 0 Å². The van der Waals surface area contributed by atoms with Crippen LogP contribution in [-0.4, -0.2) is 41.9 Å². The van der Waals surface area contributed by atoms with Gasteiger partial charge in [-0.3, -0.25) is 4.99 Å². The summed E-state index contributed by atoms with van der Waals surface area (Å²) in [6.45, 7) is 7.81. The van der Waals surface area contributed by atoms with E-state index in [4.69, 9.17) is 4.98 Å². The number of fused-ring (bicyclic) bond motifs is 1. The molecule has 2 aromatic rings. The lowest BCUT2D eigenvalue weighted by Crippen LogP contribution is -2.49. The van der Waals surface area contributed by atoms with Crippen molar-refractivity contribution in [3.8, 4) is 0 Å². The maximum atomic E-state index is 4.72. The van der Waals surface area contributed by atoms with Crippen LogP contribution < -0.4 is 15.5 Å². The van der Waals surface area contributed by atoms with Crippen molar-refractivity contribution in [2.45, 2.75) is 26.4 Å². The number of nitrogens with zero attached hydrogens (tertiary/aromatic N) is 4. The van der Waals surface area contributed by atoms with Crippen LogP contribution in [0.15, 0.2) is 29.3 Å². The second-order valence-electron chi connectivity index (χ2n) is 6.50. The second kappa shape index (κ2) is 6.20. The monoisotopic (exact) mass is 322 g/mol. The Hall–Kier alpha value is -2.47. The summed E-state index contributed by atoms with van der Waals surface area (Å²) in [4.78, 5) is 15.9. The summed E-state index contributed by atoms with van der Waals surface area (Å²) >= 11 is 0. The Morgan fingerprint density at radius 2 is 2.17 bits per heavy atom. The molecule has 4 rings (SSSR count). The minimum absolute atomic E-state index is 0.454. The first-order valence-electron chi connectivity index (χ1n) is 8.41. The first-order chi connectivity index (χ1) is 11.7. The van der Waals surface area contributed by atoms with Gasteiger partial charge in [0, 0.05) is 49.3 Å². The van der Waals surface area contributed by atoms with Crippen molar-refractivity contribution in [2.24, 2.45) is 4.99 Å². The van der Waals surface area contributed by atoms with Crippen LogP contribution in [0.4, 0.5) is 17.5 Å². The Morgan fingerprint density at radius 3 is 3.04 bits per heavy atom. The molecule has 2 N–H and O–H groups in total. The maximum absolute atomic E-state index is 4.72. The topological polar surface area (TPSA) is 65.4 Å². The highest BCUT2D eigenvalue weighted by Gasteiger charge is 2.19. The van der Waals surface area contributed by atoms with Gasteiger partial charge in [-0.2, -0.15) is 4.98 Å². The van der Waals surface area contributed by atoms with Gasteiger partial charge in [0.25, 0.3) is 0 Å². The molecule has 6 heteroatoms. The van der Waals surface area contributed by atoms with Crippen molar-refractivity contribution in [3.05, 3.63) is 41.1 Å². The van der Waals surface area contributed by atoms with Crippen LogP contribution in [-0.2, 0) is 6.54 Å². The molecule has 24 heavy (non-hydrogen) atoms. The van der Waals surface area contributed by atoms with E-state index in [-0.39, 0.29) is 0 Å². The van der Waals surface area contributed by atoms with Crippen LogP contribution >= 0.6 is 0 Å². The third-order valence-corrected chi connectivity index (χ3v) is 4.40. The number of rotatable bonds is 3. The molecule has 124 valence electrons. The van der Waals surface area contributed by atoms with Crippen LogP contribution in [0.3, 0.4) is 0 Å². The lowest BCUT2D eigenvalue weighted by molar-refractivity contribution is 0.479. The van der Waals surface area contributed by atoms with E-state index in [1.165, 1.54) is 11.1 Å². The van der Waals surface area contributed by atoms with Gasteiger partial charge in [0.15, 0.2) is 0 Å². The maximum Gasteiger partial charge on any atom is 0.227 e. The highest BCUT2D eigenvalue weighted by molar-refractivity contribution is 5.86. The number of anilines is 3. The Bertz CT molecular complexity index is 785. The number of hydrogen-bond donors (Lipinski definition) is 2. The molecule has 1 atom stereocenters. The predicted molar refractivity (Wildman–Crippen MR) is 97.5 cm³/mol. The zero-order valence-corrected chi connectivity index (χ0v) is 14.1. The molecule has 1 unspecified atom stereocenters. The first-order valence-corrected chi connectivity index (χ1v) is 8.41. The second-order valence-corrected chi connectivity index (χ2v) is 6.50. The summed E-state index contributed by atoms with van der Waals surface area (Å²) in [5.74, 6) is 1.63.